The molecule has 9 nitrogen and oxygen atoms in total. The van der Waals surface area contributed by atoms with E-state index in [0.717, 1.165) is 0 Å². The molecule has 0 aliphatic rings. The van der Waals surface area contributed by atoms with Gasteiger partial charge in [-0.25, -0.2) is 9.50 Å². The lowest BCUT2D eigenvalue weighted by atomic mass is 10.0. The van der Waals surface area contributed by atoms with Crippen LogP contribution < -0.4 is 16.6 Å². The molecule has 3 heterocycles. The largest absolute Gasteiger partial charge is 0.381 e. The van der Waals surface area contributed by atoms with E-state index in [0.29, 0.717) is 33.4 Å². The summed E-state index contributed by atoms with van der Waals surface area (Å²) >= 11 is 0. The van der Waals surface area contributed by atoms with Gasteiger partial charge in [0, 0.05) is 23.8 Å². The van der Waals surface area contributed by atoms with E-state index in [1.165, 1.54) is 9.08 Å². The van der Waals surface area contributed by atoms with E-state index in [2.05, 4.69) is 21.5 Å². The maximum atomic E-state index is 13.6. The summed E-state index contributed by atoms with van der Waals surface area (Å²) in [5.41, 5.74) is 7.62. The second-order valence-electron chi connectivity index (χ2n) is 7.77. The molecule has 166 valence electrons. The fraction of sp³-hybridized carbons (Fsp3) is 0.0800. The van der Waals surface area contributed by atoms with E-state index >= 15 is 0 Å². The number of nitrogens with zero attached hydrogens (tertiary/aromatic N) is 5. The average molecular weight is 449 g/mol. The van der Waals surface area contributed by atoms with Crippen molar-refractivity contribution in [1.82, 2.24) is 24.5 Å². The Kier molecular flexibility index (Phi) is 5.03. The van der Waals surface area contributed by atoms with Crippen molar-refractivity contribution in [3.05, 3.63) is 100 Å². The van der Waals surface area contributed by atoms with Gasteiger partial charge in [0.25, 0.3) is 11.5 Å². The zero-order valence-corrected chi connectivity index (χ0v) is 18.1. The summed E-state index contributed by atoms with van der Waals surface area (Å²) < 4.78 is 2.96. The van der Waals surface area contributed by atoms with Crippen LogP contribution in [0.2, 0.25) is 0 Å². The van der Waals surface area contributed by atoms with E-state index in [1.54, 1.807) is 55.7 Å². The van der Waals surface area contributed by atoms with Gasteiger partial charge in [0.1, 0.15) is 5.56 Å². The Labute approximate surface area is 193 Å². The van der Waals surface area contributed by atoms with Crippen LogP contribution in [0.25, 0.3) is 22.1 Å². The molecule has 0 bridgehead atoms. The number of anilines is 1. The number of pyridine rings is 1. The Morgan fingerprint density at radius 1 is 1.15 bits per heavy atom. The molecular weight excluding hydrogens is 430 g/mol. The van der Waals surface area contributed by atoms with Crippen LogP contribution in [0.5, 0.6) is 0 Å². The third kappa shape index (κ3) is 3.34. The lowest BCUT2D eigenvalue weighted by molar-refractivity contribution is 0.0941. The number of aromatic nitrogens is 4. The predicted molar refractivity (Wildman–Crippen MR) is 128 cm³/mol. The van der Waals surface area contributed by atoms with Gasteiger partial charge in [0.05, 0.1) is 23.1 Å². The third-order valence-electron chi connectivity index (χ3n) is 5.65. The number of nitrogens with two attached hydrogens (primary N) is 1. The van der Waals surface area contributed by atoms with Crippen molar-refractivity contribution in [3.63, 3.8) is 0 Å². The van der Waals surface area contributed by atoms with Crippen LogP contribution in [0, 0.1) is 11.3 Å². The molecule has 0 saturated heterocycles. The van der Waals surface area contributed by atoms with Crippen molar-refractivity contribution in [2.75, 3.05) is 5.73 Å². The van der Waals surface area contributed by atoms with Crippen LogP contribution in [-0.2, 0) is 0 Å². The Hall–Kier alpha value is -4.97. The number of para-hydroxylation sites is 1. The van der Waals surface area contributed by atoms with Gasteiger partial charge in [0.15, 0.2) is 11.5 Å². The summed E-state index contributed by atoms with van der Waals surface area (Å²) in [6.07, 6.45) is 3.21. The number of fused-ring (bicyclic) bond motifs is 2. The summed E-state index contributed by atoms with van der Waals surface area (Å²) in [6.45, 7) is 1.78. The molecule has 5 rings (SSSR count). The molecule has 0 fully saturated rings. The second kappa shape index (κ2) is 8.18. The number of carbonyl (C=O) groups is 1. The monoisotopic (exact) mass is 449 g/mol. The molecule has 2 aromatic carbocycles. The number of nitrogens with one attached hydrogen (secondary N) is 1. The van der Waals surface area contributed by atoms with E-state index < -0.39 is 11.9 Å². The first-order chi connectivity index (χ1) is 16.5. The summed E-state index contributed by atoms with van der Waals surface area (Å²) in [6, 6.07) is 19.2. The first kappa shape index (κ1) is 20.9. The van der Waals surface area contributed by atoms with Crippen molar-refractivity contribution >= 4 is 28.1 Å². The molecule has 3 aromatic heterocycles. The third-order valence-corrected chi connectivity index (χ3v) is 5.65. The second-order valence-corrected chi connectivity index (χ2v) is 7.77. The number of nitrogen functional groups attached to an aromatic ring is 1. The number of carbonyl (C=O) groups excluding carboxylic acids is 1. The Bertz CT molecular complexity index is 1660. The summed E-state index contributed by atoms with van der Waals surface area (Å²) in [5.74, 6) is -0.405. The molecule has 34 heavy (non-hydrogen) atoms. The van der Waals surface area contributed by atoms with E-state index in [-0.39, 0.29) is 16.9 Å². The molecule has 1 atom stereocenters. The van der Waals surface area contributed by atoms with Crippen molar-refractivity contribution in [3.8, 4) is 11.8 Å². The average Bonchev–Trinajstić information content (AvgIpc) is 3.19. The molecule has 0 radical (unpaired) electrons. The molecule has 3 N–H and O–H groups in total. The minimum Gasteiger partial charge on any atom is -0.381 e. The summed E-state index contributed by atoms with van der Waals surface area (Å²) in [7, 11) is 0. The molecular formula is C25H19N7O2. The van der Waals surface area contributed by atoms with Gasteiger partial charge >= 0.3 is 0 Å². The fourth-order valence-electron chi connectivity index (χ4n) is 4.10. The van der Waals surface area contributed by atoms with E-state index in [9.17, 15) is 14.9 Å². The molecule has 5 aromatic rings. The molecule has 1 amide bonds. The first-order valence-electron chi connectivity index (χ1n) is 10.5. The SMILES string of the molecule is CC(NC(=O)c1c(N)nn2cccnc12)c1cc2cccc(C#N)c2c(=O)n1-c1ccccc1. The number of benzene rings is 2. The number of hydrogen-bond donors (Lipinski definition) is 2. The number of hydrogen-bond acceptors (Lipinski definition) is 6. The molecule has 0 aliphatic carbocycles. The van der Waals surface area contributed by atoms with Crippen LogP contribution in [0.15, 0.2) is 77.9 Å². The molecule has 9 heteroatoms. The van der Waals surface area contributed by atoms with Crippen LogP contribution in [0.4, 0.5) is 5.82 Å². The smallest absolute Gasteiger partial charge is 0.264 e. The number of rotatable bonds is 4. The highest BCUT2D eigenvalue weighted by Crippen LogP contribution is 2.24. The van der Waals surface area contributed by atoms with Crippen molar-refractivity contribution in [2.24, 2.45) is 0 Å². The zero-order valence-electron chi connectivity index (χ0n) is 18.1. The molecule has 0 aliphatic heterocycles. The van der Waals surface area contributed by atoms with Crippen molar-refractivity contribution in [2.45, 2.75) is 13.0 Å². The first-order valence-corrected chi connectivity index (χ1v) is 10.5. The van der Waals surface area contributed by atoms with Gasteiger partial charge in [-0.3, -0.25) is 14.2 Å². The Morgan fingerprint density at radius 3 is 2.71 bits per heavy atom. The highest BCUT2D eigenvalue weighted by molar-refractivity contribution is 6.04. The topological polar surface area (TPSA) is 131 Å². The van der Waals surface area contributed by atoms with Gasteiger partial charge in [-0.2, -0.15) is 5.26 Å². The van der Waals surface area contributed by atoms with Crippen LogP contribution >= 0.6 is 0 Å². The molecule has 0 saturated carbocycles. The Balaban J connectivity index is 1.65. The predicted octanol–water partition coefficient (Wildman–Crippen LogP) is 2.98. The number of nitriles is 1. The maximum absolute atomic E-state index is 13.6. The standard InChI is InChI=1S/C25H19N7O2/c1-15(29-24(33)21-22(27)30-31-12-6-11-28-23(21)31)19-13-16-7-5-8-17(14-26)20(16)25(34)32(19)18-9-3-2-4-10-18/h2-13,15H,1H3,(H2,27,30)(H,29,33). The minimum absolute atomic E-state index is 0.0565. The summed E-state index contributed by atoms with van der Waals surface area (Å²) in [4.78, 5) is 31.1. The van der Waals surface area contributed by atoms with Crippen LogP contribution in [0.1, 0.15) is 34.6 Å². The molecule has 1 unspecified atom stereocenters. The van der Waals surface area contributed by atoms with E-state index in [1.807, 2.05) is 24.3 Å². The van der Waals surface area contributed by atoms with Gasteiger partial charge < -0.3 is 11.1 Å². The van der Waals surface area contributed by atoms with Gasteiger partial charge in [-0.05, 0) is 42.6 Å². The fourth-order valence-corrected chi connectivity index (χ4v) is 4.10. The minimum atomic E-state index is -0.589. The van der Waals surface area contributed by atoms with E-state index in [4.69, 9.17) is 5.73 Å². The summed E-state index contributed by atoms with van der Waals surface area (Å²) in [5, 5.41) is 17.6. The number of amides is 1. The van der Waals surface area contributed by atoms with Crippen molar-refractivity contribution < 1.29 is 4.79 Å². The van der Waals surface area contributed by atoms with Gasteiger partial charge in [0.2, 0.25) is 0 Å². The highest BCUT2D eigenvalue weighted by Gasteiger charge is 2.23. The normalized spacial score (nSPS) is 11.9. The lowest BCUT2D eigenvalue weighted by Gasteiger charge is -2.21. The van der Waals surface area contributed by atoms with Crippen molar-refractivity contribution in [1.29, 1.82) is 5.26 Å². The van der Waals surface area contributed by atoms with Gasteiger partial charge in [-0.1, -0.05) is 30.3 Å². The molecule has 0 spiro atoms. The quantitative estimate of drug-likeness (QED) is 0.434. The van der Waals surface area contributed by atoms with Crippen LogP contribution in [-0.4, -0.2) is 25.1 Å². The zero-order chi connectivity index (χ0) is 23.8. The maximum Gasteiger partial charge on any atom is 0.264 e. The van der Waals surface area contributed by atoms with Gasteiger partial charge in [-0.15, -0.1) is 5.10 Å². The van der Waals surface area contributed by atoms with Crippen LogP contribution in [0.3, 0.4) is 0 Å². The Morgan fingerprint density at radius 2 is 1.94 bits per heavy atom. The lowest BCUT2D eigenvalue weighted by Crippen LogP contribution is -2.32. The highest BCUT2D eigenvalue weighted by atomic mass is 16.2.